The number of aliphatic hydroxyl groups is 4. The SMILES string of the molecule is C[C@H]1C=C[C@@]2(O1)C(CO[C@@H]1O[C@H](CO)[C@@H](O)[C@H](O)[C@H]1O)=CC(=O)CC2(C)C. The van der Waals surface area contributed by atoms with Crippen molar-refractivity contribution in [2.75, 3.05) is 13.2 Å². The zero-order chi connectivity index (χ0) is 20.0. The normalized spacial score (nSPS) is 44.0. The number of ether oxygens (including phenoxy) is 3. The third-order valence-electron chi connectivity index (χ3n) is 5.66. The van der Waals surface area contributed by atoms with Crippen molar-refractivity contribution in [2.45, 2.75) is 69.6 Å². The Morgan fingerprint density at radius 3 is 2.52 bits per heavy atom. The zero-order valence-electron chi connectivity index (χ0n) is 15.7. The number of ketones is 1. The third-order valence-corrected chi connectivity index (χ3v) is 5.66. The van der Waals surface area contributed by atoms with Crippen LogP contribution in [0.25, 0.3) is 0 Å². The minimum Gasteiger partial charge on any atom is -0.394 e. The molecule has 2 heterocycles. The lowest BCUT2D eigenvalue weighted by Crippen LogP contribution is -2.59. The number of rotatable bonds is 4. The maximum atomic E-state index is 12.2. The first-order valence-corrected chi connectivity index (χ1v) is 9.14. The highest BCUT2D eigenvalue weighted by Crippen LogP contribution is 2.50. The van der Waals surface area contributed by atoms with Gasteiger partial charge in [0, 0.05) is 11.8 Å². The fourth-order valence-corrected chi connectivity index (χ4v) is 4.09. The molecule has 1 spiro atoms. The molecular formula is C19H28O8. The lowest BCUT2D eigenvalue weighted by atomic mass is 9.64. The largest absolute Gasteiger partial charge is 0.394 e. The highest BCUT2D eigenvalue weighted by molar-refractivity contribution is 5.93. The van der Waals surface area contributed by atoms with Crippen molar-refractivity contribution in [3.63, 3.8) is 0 Å². The van der Waals surface area contributed by atoms with E-state index in [-0.39, 0.29) is 18.5 Å². The minimum absolute atomic E-state index is 0.0467. The van der Waals surface area contributed by atoms with Gasteiger partial charge in [-0.25, -0.2) is 0 Å². The lowest BCUT2D eigenvalue weighted by molar-refractivity contribution is -0.300. The van der Waals surface area contributed by atoms with Crippen molar-refractivity contribution >= 4 is 5.78 Å². The zero-order valence-corrected chi connectivity index (χ0v) is 15.7. The van der Waals surface area contributed by atoms with Gasteiger partial charge in [0.2, 0.25) is 0 Å². The van der Waals surface area contributed by atoms with E-state index >= 15 is 0 Å². The van der Waals surface area contributed by atoms with Crippen molar-refractivity contribution in [3.8, 4) is 0 Å². The van der Waals surface area contributed by atoms with E-state index in [0.29, 0.717) is 12.0 Å². The van der Waals surface area contributed by atoms with Gasteiger partial charge in [-0.1, -0.05) is 19.9 Å². The summed E-state index contributed by atoms with van der Waals surface area (Å²) in [7, 11) is 0. The smallest absolute Gasteiger partial charge is 0.187 e. The van der Waals surface area contributed by atoms with Gasteiger partial charge < -0.3 is 34.6 Å². The summed E-state index contributed by atoms with van der Waals surface area (Å²) >= 11 is 0. The molecule has 0 unspecified atom stereocenters. The predicted molar refractivity (Wildman–Crippen MR) is 93.6 cm³/mol. The summed E-state index contributed by atoms with van der Waals surface area (Å²) in [5.41, 5.74) is -0.705. The topological polar surface area (TPSA) is 126 Å². The fourth-order valence-electron chi connectivity index (χ4n) is 4.09. The Balaban J connectivity index is 1.79. The first-order valence-electron chi connectivity index (χ1n) is 9.14. The monoisotopic (exact) mass is 384 g/mol. The van der Waals surface area contributed by atoms with Crippen molar-refractivity contribution in [1.29, 1.82) is 0 Å². The van der Waals surface area contributed by atoms with Gasteiger partial charge in [-0.15, -0.1) is 0 Å². The first kappa shape index (κ1) is 20.6. The van der Waals surface area contributed by atoms with Crippen molar-refractivity contribution in [1.82, 2.24) is 0 Å². The van der Waals surface area contributed by atoms with Crippen LogP contribution in [0.5, 0.6) is 0 Å². The molecule has 8 nitrogen and oxygen atoms in total. The second-order valence-electron chi connectivity index (χ2n) is 8.12. The fraction of sp³-hybridized carbons (Fsp3) is 0.737. The summed E-state index contributed by atoms with van der Waals surface area (Å²) in [5.74, 6) is -0.0467. The molecular weight excluding hydrogens is 356 g/mol. The molecule has 0 aromatic rings. The van der Waals surface area contributed by atoms with E-state index in [4.69, 9.17) is 14.2 Å². The van der Waals surface area contributed by atoms with E-state index in [9.17, 15) is 25.2 Å². The van der Waals surface area contributed by atoms with Crippen LogP contribution in [0.2, 0.25) is 0 Å². The minimum atomic E-state index is -1.52. The molecule has 27 heavy (non-hydrogen) atoms. The molecule has 1 saturated heterocycles. The summed E-state index contributed by atoms with van der Waals surface area (Å²) in [5, 5.41) is 39.2. The number of carbonyl (C=O) groups is 1. The summed E-state index contributed by atoms with van der Waals surface area (Å²) < 4.78 is 17.2. The van der Waals surface area contributed by atoms with Crippen LogP contribution in [0.15, 0.2) is 23.8 Å². The van der Waals surface area contributed by atoms with Crippen molar-refractivity contribution in [2.24, 2.45) is 5.41 Å². The van der Waals surface area contributed by atoms with E-state index in [2.05, 4.69) is 0 Å². The first-order chi connectivity index (χ1) is 12.6. The van der Waals surface area contributed by atoms with Gasteiger partial charge in [0.05, 0.1) is 19.3 Å². The Labute approximate surface area is 158 Å². The molecule has 0 aromatic heterocycles. The van der Waals surface area contributed by atoms with Gasteiger partial charge in [0.25, 0.3) is 0 Å². The van der Waals surface area contributed by atoms with E-state index < -0.39 is 48.3 Å². The molecule has 3 aliphatic rings. The van der Waals surface area contributed by atoms with Crippen LogP contribution in [0.4, 0.5) is 0 Å². The Kier molecular flexibility index (Phi) is 5.62. The van der Waals surface area contributed by atoms with E-state index in [1.807, 2.05) is 32.9 Å². The molecule has 0 amide bonds. The van der Waals surface area contributed by atoms with Crippen LogP contribution in [-0.4, -0.2) is 81.8 Å². The maximum absolute atomic E-state index is 12.2. The molecule has 1 fully saturated rings. The summed E-state index contributed by atoms with van der Waals surface area (Å²) in [4.78, 5) is 12.2. The summed E-state index contributed by atoms with van der Waals surface area (Å²) in [6.07, 6.45) is -1.20. The number of hydrogen-bond donors (Lipinski definition) is 4. The molecule has 0 radical (unpaired) electrons. The van der Waals surface area contributed by atoms with Crippen LogP contribution in [-0.2, 0) is 19.0 Å². The number of carbonyl (C=O) groups excluding carboxylic acids is 1. The van der Waals surface area contributed by atoms with Gasteiger partial charge in [0.1, 0.15) is 30.0 Å². The van der Waals surface area contributed by atoms with Crippen LogP contribution in [0.1, 0.15) is 27.2 Å². The number of aliphatic hydroxyl groups excluding tert-OH is 4. The average Bonchev–Trinajstić information content (AvgIpc) is 3.00. The highest BCUT2D eigenvalue weighted by Gasteiger charge is 2.53. The molecule has 0 saturated carbocycles. The van der Waals surface area contributed by atoms with Gasteiger partial charge in [0.15, 0.2) is 12.1 Å². The van der Waals surface area contributed by atoms with Crippen LogP contribution >= 0.6 is 0 Å². The van der Waals surface area contributed by atoms with Crippen molar-refractivity contribution in [3.05, 3.63) is 23.8 Å². The lowest BCUT2D eigenvalue weighted by Gasteiger charge is -2.47. The Morgan fingerprint density at radius 1 is 1.22 bits per heavy atom. The molecule has 4 N–H and O–H groups in total. The summed E-state index contributed by atoms with van der Waals surface area (Å²) in [6.45, 7) is 5.21. The van der Waals surface area contributed by atoms with Crippen molar-refractivity contribution < 1.29 is 39.4 Å². The van der Waals surface area contributed by atoms with E-state index in [1.54, 1.807) is 0 Å². The van der Waals surface area contributed by atoms with E-state index in [1.165, 1.54) is 6.08 Å². The number of hydrogen-bond acceptors (Lipinski definition) is 8. The Hall–Kier alpha value is -1.13. The Morgan fingerprint density at radius 2 is 1.93 bits per heavy atom. The van der Waals surface area contributed by atoms with Crippen LogP contribution < -0.4 is 0 Å². The standard InChI is InChI=1S/C19H28O8/c1-10-4-5-19(27-10)11(6-12(21)7-18(19,2)3)9-25-17-16(24)15(23)14(22)13(8-20)26-17/h4-6,10,13-17,20,22-24H,7-9H2,1-3H3/t10-,13+,14+,15-,16+,17+,19+/m0/s1. The molecule has 8 heteroatoms. The number of allylic oxidation sites excluding steroid dienone is 1. The van der Waals surface area contributed by atoms with Gasteiger partial charge in [-0.2, -0.15) is 0 Å². The maximum Gasteiger partial charge on any atom is 0.187 e. The molecule has 0 bridgehead atoms. The van der Waals surface area contributed by atoms with E-state index in [0.717, 1.165) is 0 Å². The second-order valence-corrected chi connectivity index (χ2v) is 8.12. The highest BCUT2D eigenvalue weighted by atomic mass is 16.7. The molecule has 0 aromatic carbocycles. The molecule has 3 rings (SSSR count). The predicted octanol–water partition coefficient (Wildman–Crippen LogP) is -0.558. The second kappa shape index (κ2) is 7.36. The quantitative estimate of drug-likeness (QED) is 0.476. The van der Waals surface area contributed by atoms with Crippen LogP contribution in [0, 0.1) is 5.41 Å². The Bertz CT molecular complexity index is 640. The summed E-state index contributed by atoms with van der Waals surface area (Å²) in [6, 6.07) is 0. The molecule has 1 aliphatic carbocycles. The van der Waals surface area contributed by atoms with Crippen LogP contribution in [0.3, 0.4) is 0 Å². The van der Waals surface area contributed by atoms with Gasteiger partial charge >= 0.3 is 0 Å². The molecule has 152 valence electrons. The molecule has 7 atom stereocenters. The molecule has 2 aliphatic heterocycles. The third kappa shape index (κ3) is 3.51. The average molecular weight is 384 g/mol. The van der Waals surface area contributed by atoms with Gasteiger partial charge in [-0.05, 0) is 24.6 Å². The van der Waals surface area contributed by atoms with Gasteiger partial charge in [-0.3, -0.25) is 4.79 Å².